The lowest BCUT2D eigenvalue weighted by molar-refractivity contribution is 0.316. The van der Waals surface area contributed by atoms with Crippen molar-refractivity contribution < 1.29 is 0 Å². The van der Waals surface area contributed by atoms with E-state index in [4.69, 9.17) is 5.73 Å². The third kappa shape index (κ3) is 4.56. The van der Waals surface area contributed by atoms with Gasteiger partial charge in [-0.15, -0.1) is 0 Å². The monoisotopic (exact) mass is 237 g/mol. The number of nitrogen functional groups attached to an aromatic ring is 1. The maximum atomic E-state index is 5.72. The first-order valence-corrected chi connectivity index (χ1v) is 6.29. The van der Waals surface area contributed by atoms with Gasteiger partial charge in [0, 0.05) is 25.6 Å². The van der Waals surface area contributed by atoms with Crippen LogP contribution in [-0.2, 0) is 6.42 Å². The van der Waals surface area contributed by atoms with Crippen molar-refractivity contribution in [2.24, 2.45) is 0 Å². The molecule has 0 spiro atoms. The second-order valence-electron chi connectivity index (χ2n) is 3.90. The average molecular weight is 237 g/mol. The summed E-state index contributed by atoms with van der Waals surface area (Å²) < 4.78 is 0. The zero-order chi connectivity index (χ0) is 12.7. The number of nitrogens with zero attached hydrogens (tertiary/aromatic N) is 3. The van der Waals surface area contributed by atoms with E-state index in [9.17, 15) is 0 Å². The van der Waals surface area contributed by atoms with Gasteiger partial charge in [0.2, 0.25) is 0 Å². The van der Waals surface area contributed by atoms with Crippen molar-refractivity contribution in [3.63, 3.8) is 0 Å². The molecular weight excluding hydrogens is 214 g/mol. The number of nitrogens with one attached hydrogen (secondary N) is 1. The molecule has 0 saturated carbocycles. The van der Waals surface area contributed by atoms with Gasteiger partial charge in [0.1, 0.15) is 17.5 Å². The van der Waals surface area contributed by atoms with E-state index < -0.39 is 0 Å². The van der Waals surface area contributed by atoms with Crippen molar-refractivity contribution in [3.05, 3.63) is 11.9 Å². The number of rotatable bonds is 7. The van der Waals surface area contributed by atoms with Crippen LogP contribution in [0.4, 0.5) is 11.6 Å². The molecule has 0 aliphatic rings. The van der Waals surface area contributed by atoms with E-state index >= 15 is 0 Å². The summed E-state index contributed by atoms with van der Waals surface area (Å²) in [4.78, 5) is 10.9. The molecule has 0 bridgehead atoms. The normalized spacial score (nSPS) is 10.8. The molecule has 5 heteroatoms. The van der Waals surface area contributed by atoms with E-state index in [1.54, 1.807) is 6.07 Å². The molecule has 3 N–H and O–H groups in total. The van der Waals surface area contributed by atoms with Crippen molar-refractivity contribution in [1.82, 2.24) is 14.9 Å². The van der Waals surface area contributed by atoms with Gasteiger partial charge in [-0.2, -0.15) is 0 Å². The van der Waals surface area contributed by atoms with Crippen molar-refractivity contribution in [3.8, 4) is 0 Å². The molecule has 0 aliphatic carbocycles. The molecule has 0 amide bonds. The Morgan fingerprint density at radius 1 is 1.24 bits per heavy atom. The van der Waals surface area contributed by atoms with Gasteiger partial charge in [-0.3, -0.25) is 0 Å². The van der Waals surface area contributed by atoms with Crippen LogP contribution in [0.3, 0.4) is 0 Å². The van der Waals surface area contributed by atoms with Gasteiger partial charge in [0.05, 0.1) is 0 Å². The maximum absolute atomic E-state index is 5.72. The van der Waals surface area contributed by atoms with E-state index in [1.807, 2.05) is 6.92 Å². The average Bonchev–Trinajstić information content (AvgIpc) is 2.34. The molecule has 17 heavy (non-hydrogen) atoms. The topological polar surface area (TPSA) is 67.1 Å². The number of anilines is 2. The number of likely N-dealkylation sites (N-methyl/N-ethyl adjacent to an activating group) is 1. The van der Waals surface area contributed by atoms with Crippen molar-refractivity contribution >= 4 is 11.6 Å². The highest BCUT2D eigenvalue weighted by atomic mass is 15.1. The van der Waals surface area contributed by atoms with Gasteiger partial charge in [0.15, 0.2) is 0 Å². The maximum Gasteiger partial charge on any atom is 0.132 e. The van der Waals surface area contributed by atoms with Crippen LogP contribution < -0.4 is 11.1 Å². The van der Waals surface area contributed by atoms with Gasteiger partial charge in [-0.05, 0) is 13.1 Å². The van der Waals surface area contributed by atoms with E-state index in [1.165, 1.54) is 0 Å². The molecule has 1 aromatic rings. The minimum Gasteiger partial charge on any atom is -0.384 e. The van der Waals surface area contributed by atoms with Crippen molar-refractivity contribution in [2.45, 2.75) is 27.2 Å². The van der Waals surface area contributed by atoms with Crippen LogP contribution in [0.1, 0.15) is 26.6 Å². The first-order chi connectivity index (χ1) is 8.19. The quantitative estimate of drug-likeness (QED) is 0.750. The number of hydrogen-bond acceptors (Lipinski definition) is 5. The SMILES string of the molecule is CCc1nc(N)cc(NCCN(CC)CC)n1. The summed E-state index contributed by atoms with van der Waals surface area (Å²) in [5.41, 5.74) is 5.72. The highest BCUT2D eigenvalue weighted by Gasteiger charge is 2.02. The Morgan fingerprint density at radius 2 is 1.94 bits per heavy atom. The molecular formula is C12H23N5. The zero-order valence-electron chi connectivity index (χ0n) is 11.0. The second-order valence-corrected chi connectivity index (χ2v) is 3.90. The predicted molar refractivity (Wildman–Crippen MR) is 72.1 cm³/mol. The van der Waals surface area contributed by atoms with E-state index in [0.717, 1.165) is 44.2 Å². The Kier molecular flexibility index (Phi) is 5.69. The fourth-order valence-corrected chi connectivity index (χ4v) is 1.65. The van der Waals surface area contributed by atoms with Crippen LogP contribution in [0.25, 0.3) is 0 Å². The molecule has 1 rings (SSSR count). The van der Waals surface area contributed by atoms with Crippen LogP contribution in [0.5, 0.6) is 0 Å². The molecule has 0 atom stereocenters. The Labute approximate surface area is 103 Å². The number of nitrogens with two attached hydrogens (primary N) is 1. The van der Waals surface area contributed by atoms with Crippen LogP contribution in [0.15, 0.2) is 6.07 Å². The van der Waals surface area contributed by atoms with Crippen LogP contribution in [0, 0.1) is 0 Å². The Hall–Kier alpha value is -1.36. The van der Waals surface area contributed by atoms with Gasteiger partial charge in [-0.25, -0.2) is 9.97 Å². The molecule has 0 radical (unpaired) electrons. The summed E-state index contributed by atoms with van der Waals surface area (Å²) in [5, 5.41) is 3.29. The second kappa shape index (κ2) is 7.06. The molecule has 96 valence electrons. The lowest BCUT2D eigenvalue weighted by atomic mass is 10.4. The van der Waals surface area contributed by atoms with Gasteiger partial charge in [0.25, 0.3) is 0 Å². The molecule has 0 aromatic carbocycles. The molecule has 1 heterocycles. The van der Waals surface area contributed by atoms with Gasteiger partial charge < -0.3 is 16.0 Å². The third-order valence-corrected chi connectivity index (χ3v) is 2.74. The number of hydrogen-bond donors (Lipinski definition) is 2. The smallest absolute Gasteiger partial charge is 0.132 e. The lowest BCUT2D eigenvalue weighted by Crippen LogP contribution is -2.28. The Balaban J connectivity index is 2.48. The summed E-state index contributed by atoms with van der Waals surface area (Å²) in [5.74, 6) is 2.14. The first-order valence-electron chi connectivity index (χ1n) is 6.29. The molecule has 0 unspecified atom stereocenters. The van der Waals surface area contributed by atoms with E-state index in [2.05, 4.69) is 34.0 Å². The fourth-order valence-electron chi connectivity index (χ4n) is 1.65. The minimum absolute atomic E-state index is 0.530. The molecule has 0 fully saturated rings. The number of aryl methyl sites for hydroxylation is 1. The fraction of sp³-hybridized carbons (Fsp3) is 0.667. The Morgan fingerprint density at radius 3 is 2.53 bits per heavy atom. The molecule has 5 nitrogen and oxygen atoms in total. The number of aromatic nitrogens is 2. The largest absolute Gasteiger partial charge is 0.384 e. The van der Waals surface area contributed by atoms with Crippen LogP contribution in [0.2, 0.25) is 0 Å². The third-order valence-electron chi connectivity index (χ3n) is 2.74. The van der Waals surface area contributed by atoms with Crippen LogP contribution in [-0.4, -0.2) is 41.0 Å². The molecule has 1 aromatic heterocycles. The van der Waals surface area contributed by atoms with E-state index in [-0.39, 0.29) is 0 Å². The summed E-state index contributed by atoms with van der Waals surface area (Å²) >= 11 is 0. The van der Waals surface area contributed by atoms with Crippen molar-refractivity contribution in [1.29, 1.82) is 0 Å². The highest BCUT2D eigenvalue weighted by Crippen LogP contribution is 2.08. The first kappa shape index (κ1) is 13.7. The van der Waals surface area contributed by atoms with Gasteiger partial charge >= 0.3 is 0 Å². The summed E-state index contributed by atoms with van der Waals surface area (Å²) in [6.45, 7) is 10.4. The summed E-state index contributed by atoms with van der Waals surface area (Å²) in [6, 6.07) is 1.78. The molecule has 0 aliphatic heterocycles. The predicted octanol–water partition coefficient (Wildman–Crippen LogP) is 1.37. The molecule has 0 saturated heterocycles. The highest BCUT2D eigenvalue weighted by molar-refractivity contribution is 5.44. The summed E-state index contributed by atoms with van der Waals surface area (Å²) in [6.07, 6.45) is 0.801. The van der Waals surface area contributed by atoms with Gasteiger partial charge in [-0.1, -0.05) is 20.8 Å². The van der Waals surface area contributed by atoms with Crippen LogP contribution >= 0.6 is 0 Å². The van der Waals surface area contributed by atoms with Crippen molar-refractivity contribution in [2.75, 3.05) is 37.2 Å². The zero-order valence-corrected chi connectivity index (χ0v) is 11.0. The lowest BCUT2D eigenvalue weighted by Gasteiger charge is -2.18. The summed E-state index contributed by atoms with van der Waals surface area (Å²) in [7, 11) is 0. The standard InChI is InChI=1S/C12H23N5/c1-4-11-15-10(13)9-12(16-11)14-7-8-17(5-2)6-3/h9H,4-8H2,1-3H3,(H3,13,14,15,16). The van der Waals surface area contributed by atoms with E-state index in [0.29, 0.717) is 5.82 Å². The Bertz CT molecular complexity index is 336. The minimum atomic E-state index is 0.530.